The molecule has 14 nitrogen and oxygen atoms in total. The molecule has 3 amide bonds. The quantitative estimate of drug-likeness (QED) is 0.144. The van der Waals surface area contributed by atoms with Gasteiger partial charge in [0.2, 0.25) is 17.7 Å². The van der Waals surface area contributed by atoms with E-state index in [0.29, 0.717) is 41.5 Å². The number of benzene rings is 2. The molecule has 0 saturated carbocycles. The molecule has 1 unspecified atom stereocenters. The first-order chi connectivity index (χ1) is 27.5. The van der Waals surface area contributed by atoms with Gasteiger partial charge in [0, 0.05) is 59.4 Å². The van der Waals surface area contributed by atoms with Gasteiger partial charge in [-0.25, -0.2) is 13.9 Å². The number of nitrogens with one attached hydrogen (secondary N) is 3. The number of carbonyl (C=O) groups is 3. The van der Waals surface area contributed by atoms with Crippen molar-refractivity contribution < 1.29 is 23.3 Å². The van der Waals surface area contributed by atoms with E-state index in [1.807, 2.05) is 45.2 Å². The third kappa shape index (κ3) is 8.43. The fourth-order valence-corrected chi connectivity index (χ4v) is 7.24. The SMILES string of the molecule is CC(C)(C)c1nc(C(=O)NCc2ccc(-c3ncnn4cc(-c5ccc(CN6CCC(c7ccc(NC8CCC(=O)NC8=O)cn7)CC6)cc5)cc34)cc2F)no1. The Morgan fingerprint density at radius 1 is 0.965 bits per heavy atom. The molecule has 15 heteroatoms. The first-order valence-electron chi connectivity index (χ1n) is 19.1. The average Bonchev–Trinajstić information content (AvgIpc) is 3.89. The molecule has 0 radical (unpaired) electrons. The molecular formula is C42H43FN10O4. The van der Waals surface area contributed by atoms with E-state index in [-0.39, 0.29) is 24.2 Å². The average molecular weight is 771 g/mol. The molecule has 2 fully saturated rings. The molecule has 3 N–H and O–H groups in total. The molecule has 4 aromatic heterocycles. The Balaban J connectivity index is 0.858. The van der Waals surface area contributed by atoms with E-state index in [1.54, 1.807) is 22.8 Å². The van der Waals surface area contributed by atoms with Crippen molar-refractivity contribution in [2.75, 3.05) is 18.4 Å². The van der Waals surface area contributed by atoms with Gasteiger partial charge in [-0.3, -0.25) is 29.6 Å². The van der Waals surface area contributed by atoms with Crippen molar-refractivity contribution in [3.8, 4) is 22.4 Å². The van der Waals surface area contributed by atoms with Crippen LogP contribution in [0.15, 0.2) is 83.9 Å². The van der Waals surface area contributed by atoms with Crippen LogP contribution in [0.4, 0.5) is 10.1 Å². The van der Waals surface area contributed by atoms with Gasteiger partial charge in [0.05, 0.1) is 23.1 Å². The Hall–Kier alpha value is -6.35. The monoisotopic (exact) mass is 770 g/mol. The lowest BCUT2D eigenvalue weighted by atomic mass is 9.92. The highest BCUT2D eigenvalue weighted by Crippen LogP contribution is 2.31. The van der Waals surface area contributed by atoms with Crippen LogP contribution >= 0.6 is 0 Å². The van der Waals surface area contributed by atoms with Gasteiger partial charge in [-0.1, -0.05) is 62.3 Å². The van der Waals surface area contributed by atoms with Crippen molar-refractivity contribution in [1.29, 1.82) is 0 Å². The Morgan fingerprint density at radius 3 is 2.46 bits per heavy atom. The van der Waals surface area contributed by atoms with E-state index < -0.39 is 23.2 Å². The number of pyridine rings is 1. The van der Waals surface area contributed by atoms with Crippen LogP contribution in [-0.2, 0) is 28.1 Å². The van der Waals surface area contributed by atoms with Crippen LogP contribution in [-0.4, -0.2) is 71.5 Å². The van der Waals surface area contributed by atoms with E-state index in [9.17, 15) is 14.4 Å². The summed E-state index contributed by atoms with van der Waals surface area (Å²) in [5, 5.41) is 16.4. The third-order valence-corrected chi connectivity index (χ3v) is 10.5. The van der Waals surface area contributed by atoms with Crippen molar-refractivity contribution in [2.24, 2.45) is 0 Å². The molecule has 2 aromatic carbocycles. The molecular weight excluding hydrogens is 728 g/mol. The number of aromatic nitrogens is 6. The molecule has 0 bridgehead atoms. The van der Waals surface area contributed by atoms with Crippen LogP contribution in [0, 0.1) is 5.82 Å². The highest BCUT2D eigenvalue weighted by Gasteiger charge is 2.27. The summed E-state index contributed by atoms with van der Waals surface area (Å²) in [5.41, 5.74) is 6.87. The predicted molar refractivity (Wildman–Crippen MR) is 209 cm³/mol. The predicted octanol–water partition coefficient (Wildman–Crippen LogP) is 5.80. The summed E-state index contributed by atoms with van der Waals surface area (Å²) in [6.07, 6.45) is 7.99. The first kappa shape index (κ1) is 37.6. The number of carbonyl (C=O) groups excluding carboxylic acids is 3. The van der Waals surface area contributed by atoms with Gasteiger partial charge in [0.1, 0.15) is 18.2 Å². The molecule has 2 saturated heterocycles. The minimum absolute atomic E-state index is 0.0476. The van der Waals surface area contributed by atoms with E-state index in [0.717, 1.165) is 60.5 Å². The standard InChI is InChI=1S/C42H43FN10O4/c1-42(2,3)41-50-38(51-57-41)40(56)45-20-29-9-8-28(18-32(29)43)37-35-19-30(23-53(35)47-24-46-37)26-6-4-25(5-7-26)22-52-16-14-27(15-17-52)33-11-10-31(21-44-33)48-34-12-13-36(54)49-39(34)55/h4-11,18-19,21,23-24,27,34,48H,12-17,20,22H2,1-3H3,(H,45,56)(H,49,54,55). The Kier molecular flexibility index (Phi) is 10.3. The van der Waals surface area contributed by atoms with Crippen molar-refractivity contribution in [3.63, 3.8) is 0 Å². The van der Waals surface area contributed by atoms with Crippen molar-refractivity contribution in [3.05, 3.63) is 114 Å². The second-order valence-corrected chi connectivity index (χ2v) is 15.7. The number of amides is 3. The summed E-state index contributed by atoms with van der Waals surface area (Å²) < 4.78 is 22.3. The van der Waals surface area contributed by atoms with Crippen LogP contribution in [0.5, 0.6) is 0 Å². The lowest BCUT2D eigenvalue weighted by molar-refractivity contribution is -0.133. The van der Waals surface area contributed by atoms with Crippen molar-refractivity contribution in [1.82, 2.24) is 45.3 Å². The number of piperidine rings is 2. The summed E-state index contributed by atoms with van der Waals surface area (Å²) in [6, 6.07) is 18.9. The summed E-state index contributed by atoms with van der Waals surface area (Å²) in [7, 11) is 0. The highest BCUT2D eigenvalue weighted by atomic mass is 19.1. The Bertz CT molecular complexity index is 2430. The van der Waals surface area contributed by atoms with E-state index in [2.05, 4.69) is 65.3 Å². The number of imide groups is 1. The molecule has 57 heavy (non-hydrogen) atoms. The zero-order valence-electron chi connectivity index (χ0n) is 32.0. The first-order valence-corrected chi connectivity index (χ1v) is 19.1. The number of fused-ring (bicyclic) bond motifs is 1. The zero-order valence-corrected chi connectivity index (χ0v) is 32.0. The van der Waals surface area contributed by atoms with Gasteiger partial charge in [-0.15, -0.1) is 0 Å². The second kappa shape index (κ2) is 15.7. The molecule has 1 atom stereocenters. The Morgan fingerprint density at radius 2 is 1.75 bits per heavy atom. The number of nitrogens with zero attached hydrogens (tertiary/aromatic N) is 7. The number of hydrogen-bond acceptors (Lipinski definition) is 11. The summed E-state index contributed by atoms with van der Waals surface area (Å²) in [4.78, 5) is 51.9. The largest absolute Gasteiger partial charge is 0.372 e. The number of hydrogen-bond donors (Lipinski definition) is 3. The van der Waals surface area contributed by atoms with Gasteiger partial charge in [-0.2, -0.15) is 10.1 Å². The van der Waals surface area contributed by atoms with Crippen LogP contribution in [0.1, 0.15) is 85.7 Å². The number of anilines is 1. The number of rotatable bonds is 10. The van der Waals surface area contributed by atoms with E-state index >= 15 is 4.39 Å². The molecule has 0 aliphatic carbocycles. The minimum atomic E-state index is -0.550. The normalized spacial score (nSPS) is 16.8. The molecule has 8 rings (SSSR count). The fourth-order valence-electron chi connectivity index (χ4n) is 7.24. The minimum Gasteiger partial charge on any atom is -0.372 e. The van der Waals surface area contributed by atoms with Gasteiger partial charge in [-0.05, 0) is 67.7 Å². The topological polar surface area (TPSA) is 173 Å². The van der Waals surface area contributed by atoms with Gasteiger partial charge in [0.25, 0.3) is 11.7 Å². The maximum atomic E-state index is 15.3. The van der Waals surface area contributed by atoms with Gasteiger partial charge in [0.15, 0.2) is 0 Å². The molecule has 292 valence electrons. The van der Waals surface area contributed by atoms with Crippen LogP contribution in [0.2, 0.25) is 0 Å². The summed E-state index contributed by atoms with van der Waals surface area (Å²) in [6.45, 7) is 8.44. The van der Waals surface area contributed by atoms with Crippen LogP contribution in [0.25, 0.3) is 27.9 Å². The third-order valence-electron chi connectivity index (χ3n) is 10.5. The Labute approximate surface area is 328 Å². The second-order valence-electron chi connectivity index (χ2n) is 15.7. The van der Waals surface area contributed by atoms with Gasteiger partial charge < -0.3 is 15.2 Å². The maximum absolute atomic E-state index is 15.3. The van der Waals surface area contributed by atoms with Crippen LogP contribution in [0.3, 0.4) is 0 Å². The lowest BCUT2D eigenvalue weighted by Crippen LogP contribution is -2.47. The van der Waals surface area contributed by atoms with Gasteiger partial charge >= 0.3 is 0 Å². The van der Waals surface area contributed by atoms with Crippen LogP contribution < -0.4 is 16.0 Å². The van der Waals surface area contributed by atoms with Crippen molar-refractivity contribution in [2.45, 2.75) is 76.9 Å². The number of likely N-dealkylation sites (tertiary alicyclic amines) is 1. The summed E-state index contributed by atoms with van der Waals surface area (Å²) >= 11 is 0. The molecule has 2 aliphatic heterocycles. The van der Waals surface area contributed by atoms with Crippen molar-refractivity contribution >= 4 is 28.9 Å². The fraction of sp³-hybridized carbons (Fsp3) is 0.333. The molecule has 6 heterocycles. The lowest BCUT2D eigenvalue weighted by Gasteiger charge is -2.31. The molecule has 0 spiro atoms. The summed E-state index contributed by atoms with van der Waals surface area (Å²) in [5.74, 6) is -0.935. The van der Waals surface area contributed by atoms with E-state index in [4.69, 9.17) is 9.51 Å². The highest BCUT2D eigenvalue weighted by molar-refractivity contribution is 6.01. The maximum Gasteiger partial charge on any atom is 0.292 e. The molecule has 6 aromatic rings. The molecule has 2 aliphatic rings. The zero-order chi connectivity index (χ0) is 39.7. The van der Waals surface area contributed by atoms with E-state index in [1.165, 1.54) is 18.0 Å². The smallest absolute Gasteiger partial charge is 0.292 e. The number of halogens is 1.